The molecule has 0 unspecified atom stereocenters. The number of aromatic nitrogens is 1. The van der Waals surface area contributed by atoms with Gasteiger partial charge in [-0.05, 0) is 42.9 Å². The Morgan fingerprint density at radius 3 is 2.52 bits per heavy atom. The Bertz CT molecular complexity index is 842. The minimum absolute atomic E-state index is 0.187. The molecule has 1 aromatic heterocycles. The van der Waals surface area contributed by atoms with Gasteiger partial charge in [-0.2, -0.15) is 0 Å². The number of nitrogens with zero attached hydrogens (tertiary/aromatic N) is 2. The van der Waals surface area contributed by atoms with Gasteiger partial charge in [0.15, 0.2) is 5.69 Å². The molecular weight excluding hydrogens is 368 g/mol. The van der Waals surface area contributed by atoms with E-state index >= 15 is 0 Å². The molecule has 1 aromatic carbocycles. The van der Waals surface area contributed by atoms with Gasteiger partial charge >= 0.3 is 6.03 Å². The number of hydrogen-bond acceptors (Lipinski definition) is 4. The summed E-state index contributed by atoms with van der Waals surface area (Å²) in [5.41, 5.74) is 3.15. The summed E-state index contributed by atoms with van der Waals surface area (Å²) >= 11 is 0. The van der Waals surface area contributed by atoms with Gasteiger partial charge in [-0.15, -0.1) is 0 Å². The lowest BCUT2D eigenvalue weighted by molar-refractivity contribution is 0.0944. The van der Waals surface area contributed by atoms with Crippen molar-refractivity contribution in [3.63, 3.8) is 0 Å². The second kappa shape index (κ2) is 10.1. The molecule has 3 amide bonds. The Hall–Kier alpha value is -2.83. The van der Waals surface area contributed by atoms with E-state index in [0.29, 0.717) is 24.9 Å². The second-order valence-electron chi connectivity index (χ2n) is 8.18. The van der Waals surface area contributed by atoms with Crippen molar-refractivity contribution in [2.75, 3.05) is 18.4 Å². The zero-order valence-electron chi connectivity index (χ0n) is 18.2. The number of benzene rings is 1. The number of carbonyl (C=O) groups is 2. The molecule has 0 spiro atoms. The third-order valence-corrected chi connectivity index (χ3v) is 4.50. The molecule has 0 aliphatic carbocycles. The fourth-order valence-electron chi connectivity index (χ4n) is 2.78. The van der Waals surface area contributed by atoms with Crippen LogP contribution in [0.5, 0.6) is 0 Å². The molecule has 0 radical (unpaired) electrons. The summed E-state index contributed by atoms with van der Waals surface area (Å²) in [4.78, 5) is 30.9. The van der Waals surface area contributed by atoms with Crippen LogP contribution in [-0.4, -0.2) is 34.9 Å². The summed E-state index contributed by atoms with van der Waals surface area (Å²) in [5.74, 6) is 0.671. The molecule has 0 fully saturated rings. The predicted octanol–water partition coefficient (Wildman–Crippen LogP) is 4.37. The maximum Gasteiger partial charge on any atom is 0.322 e. The highest BCUT2D eigenvalue weighted by Crippen LogP contribution is 2.19. The van der Waals surface area contributed by atoms with Crippen molar-refractivity contribution in [3.05, 3.63) is 47.2 Å². The van der Waals surface area contributed by atoms with Crippen molar-refractivity contribution in [3.8, 4) is 0 Å². The summed E-state index contributed by atoms with van der Waals surface area (Å²) in [6.07, 6.45) is 1.33. The zero-order chi connectivity index (χ0) is 21.6. The van der Waals surface area contributed by atoms with E-state index in [2.05, 4.69) is 15.6 Å². The average molecular weight is 401 g/mol. The number of amides is 3. The van der Waals surface area contributed by atoms with Gasteiger partial charge in [0.2, 0.25) is 5.89 Å². The number of anilines is 1. The molecule has 0 saturated heterocycles. The molecule has 0 aliphatic heterocycles. The van der Waals surface area contributed by atoms with E-state index in [0.717, 1.165) is 16.8 Å². The Balaban J connectivity index is 2.09. The monoisotopic (exact) mass is 400 g/mol. The number of oxazole rings is 1. The fraction of sp³-hybridized carbons (Fsp3) is 0.500. The Morgan fingerprint density at radius 2 is 1.86 bits per heavy atom. The predicted molar refractivity (Wildman–Crippen MR) is 114 cm³/mol. The lowest BCUT2D eigenvalue weighted by Crippen LogP contribution is -2.37. The molecule has 7 nitrogen and oxygen atoms in total. The Kier molecular flexibility index (Phi) is 7.82. The highest BCUT2D eigenvalue weighted by molar-refractivity contribution is 5.92. The minimum Gasteiger partial charge on any atom is -0.446 e. The third-order valence-electron chi connectivity index (χ3n) is 4.50. The van der Waals surface area contributed by atoms with Crippen LogP contribution in [0.25, 0.3) is 0 Å². The zero-order valence-corrected chi connectivity index (χ0v) is 18.2. The van der Waals surface area contributed by atoms with Gasteiger partial charge in [0.05, 0.1) is 6.54 Å². The number of aryl methyl sites for hydroxylation is 1. The molecule has 0 saturated carbocycles. The Morgan fingerprint density at radius 1 is 1.14 bits per heavy atom. The van der Waals surface area contributed by atoms with E-state index in [-0.39, 0.29) is 30.1 Å². The lowest BCUT2D eigenvalue weighted by Gasteiger charge is -2.24. The molecule has 1 heterocycles. The van der Waals surface area contributed by atoms with Crippen LogP contribution in [-0.2, 0) is 6.54 Å². The summed E-state index contributed by atoms with van der Waals surface area (Å²) in [6, 6.07) is 5.59. The topological polar surface area (TPSA) is 87.5 Å². The molecule has 29 heavy (non-hydrogen) atoms. The first kappa shape index (κ1) is 22.5. The largest absolute Gasteiger partial charge is 0.446 e. The summed E-state index contributed by atoms with van der Waals surface area (Å²) < 4.78 is 5.45. The summed E-state index contributed by atoms with van der Waals surface area (Å²) in [6.45, 7) is 13.4. The quantitative estimate of drug-likeness (QED) is 0.689. The molecular formula is C22H32N4O3. The first-order valence-corrected chi connectivity index (χ1v) is 10.0. The highest BCUT2D eigenvalue weighted by Gasteiger charge is 2.20. The van der Waals surface area contributed by atoms with E-state index in [9.17, 15) is 9.59 Å². The smallest absolute Gasteiger partial charge is 0.322 e. The molecule has 7 heteroatoms. The van der Waals surface area contributed by atoms with Gasteiger partial charge in [0.1, 0.15) is 6.26 Å². The van der Waals surface area contributed by atoms with Crippen LogP contribution in [0.2, 0.25) is 0 Å². The van der Waals surface area contributed by atoms with Gasteiger partial charge < -0.3 is 20.0 Å². The first-order chi connectivity index (χ1) is 13.7. The molecule has 2 aromatic rings. The number of rotatable bonds is 8. The molecule has 0 aliphatic rings. The summed E-state index contributed by atoms with van der Waals surface area (Å²) in [7, 11) is 0. The second-order valence-corrected chi connectivity index (χ2v) is 8.18. The van der Waals surface area contributed by atoms with Crippen LogP contribution in [0.1, 0.15) is 55.2 Å². The molecule has 158 valence electrons. The van der Waals surface area contributed by atoms with Crippen molar-refractivity contribution in [2.24, 2.45) is 11.8 Å². The number of carbonyl (C=O) groups excluding carboxylic acids is 2. The molecule has 0 bridgehead atoms. The van der Waals surface area contributed by atoms with Gasteiger partial charge in [-0.3, -0.25) is 4.79 Å². The van der Waals surface area contributed by atoms with Crippen LogP contribution < -0.4 is 10.6 Å². The van der Waals surface area contributed by atoms with Crippen molar-refractivity contribution >= 4 is 17.6 Å². The van der Waals surface area contributed by atoms with E-state index in [1.54, 1.807) is 4.90 Å². The summed E-state index contributed by atoms with van der Waals surface area (Å²) in [5, 5.41) is 5.79. The normalized spacial score (nSPS) is 11.0. The van der Waals surface area contributed by atoms with E-state index in [4.69, 9.17) is 4.42 Å². The van der Waals surface area contributed by atoms with Crippen molar-refractivity contribution < 1.29 is 14.0 Å². The Labute approximate surface area is 172 Å². The van der Waals surface area contributed by atoms with Crippen molar-refractivity contribution in [1.82, 2.24) is 15.2 Å². The van der Waals surface area contributed by atoms with Gasteiger partial charge in [0, 0.05) is 18.8 Å². The number of urea groups is 1. The van der Waals surface area contributed by atoms with Crippen molar-refractivity contribution in [2.45, 2.75) is 48.1 Å². The average Bonchev–Trinajstić information content (AvgIpc) is 3.11. The van der Waals surface area contributed by atoms with Crippen LogP contribution in [0.15, 0.2) is 28.9 Å². The molecule has 2 N–H and O–H groups in total. The standard InChI is InChI=1S/C22H32N4O3/c1-14(2)10-23-21(27)19-13-29-20(24-19)12-26(11-15(3)4)22(28)25-18-9-7-8-16(5)17(18)6/h7-9,13-15H,10-12H2,1-6H3,(H,23,27)(H,25,28). The molecule has 0 atom stereocenters. The van der Waals surface area contributed by atoms with Gasteiger partial charge in [0.25, 0.3) is 5.91 Å². The van der Waals surface area contributed by atoms with Gasteiger partial charge in [-0.25, -0.2) is 9.78 Å². The van der Waals surface area contributed by atoms with Crippen molar-refractivity contribution in [1.29, 1.82) is 0 Å². The first-order valence-electron chi connectivity index (χ1n) is 10.0. The maximum atomic E-state index is 12.9. The number of nitrogens with one attached hydrogen (secondary N) is 2. The van der Waals surface area contributed by atoms with E-state index in [1.165, 1.54) is 6.26 Å². The lowest BCUT2D eigenvalue weighted by atomic mass is 10.1. The SMILES string of the molecule is Cc1cccc(NC(=O)N(Cc2nc(C(=O)NCC(C)C)co2)CC(C)C)c1C. The highest BCUT2D eigenvalue weighted by atomic mass is 16.3. The third kappa shape index (κ3) is 6.62. The van der Waals surface area contributed by atoms with Crippen LogP contribution in [0.3, 0.4) is 0 Å². The van der Waals surface area contributed by atoms with Gasteiger partial charge in [-0.1, -0.05) is 39.8 Å². The number of hydrogen-bond donors (Lipinski definition) is 2. The van der Waals surface area contributed by atoms with Crippen LogP contribution in [0, 0.1) is 25.7 Å². The fourth-order valence-corrected chi connectivity index (χ4v) is 2.78. The minimum atomic E-state index is -0.274. The molecule has 2 rings (SSSR count). The van der Waals surface area contributed by atoms with E-state index in [1.807, 2.05) is 59.7 Å². The maximum absolute atomic E-state index is 12.9. The van der Waals surface area contributed by atoms with E-state index < -0.39 is 0 Å². The van der Waals surface area contributed by atoms with Crippen LogP contribution >= 0.6 is 0 Å². The van der Waals surface area contributed by atoms with Crippen LogP contribution in [0.4, 0.5) is 10.5 Å².